The van der Waals surface area contributed by atoms with Crippen LogP contribution in [0.1, 0.15) is 28.8 Å². The molecule has 0 amide bonds. The van der Waals surface area contributed by atoms with Gasteiger partial charge in [0.2, 0.25) is 0 Å². The molecule has 7 heteroatoms. The smallest absolute Gasteiger partial charge is 0.255 e. The molecule has 166 valence electrons. The van der Waals surface area contributed by atoms with Crippen LogP contribution >= 0.6 is 0 Å². The number of para-hydroxylation sites is 1. The average Bonchev–Trinajstić information content (AvgIpc) is 2.83. The molecule has 0 unspecified atom stereocenters. The highest BCUT2D eigenvalue weighted by Gasteiger charge is 2.23. The van der Waals surface area contributed by atoms with Gasteiger partial charge in [-0.15, -0.1) is 0 Å². The maximum atomic E-state index is 13.3. The Morgan fingerprint density at radius 1 is 1.03 bits per heavy atom. The normalized spacial score (nSPS) is 15.5. The van der Waals surface area contributed by atoms with E-state index in [0.717, 1.165) is 53.7 Å². The van der Waals surface area contributed by atoms with Gasteiger partial charge in [-0.3, -0.25) is 14.5 Å². The number of rotatable bonds is 3. The van der Waals surface area contributed by atoms with Crippen molar-refractivity contribution in [3.8, 4) is 11.4 Å². The van der Waals surface area contributed by atoms with Crippen LogP contribution in [-0.4, -0.2) is 26.0 Å². The van der Waals surface area contributed by atoms with Gasteiger partial charge in [0.25, 0.3) is 11.1 Å². The molecule has 4 heterocycles. The lowest BCUT2D eigenvalue weighted by Gasteiger charge is -2.28. The number of fused-ring (bicyclic) bond motifs is 1. The third kappa shape index (κ3) is 3.45. The molecule has 33 heavy (non-hydrogen) atoms. The largest absolute Gasteiger partial charge is 0.399 e. The minimum absolute atomic E-state index is 0.0891. The molecule has 0 spiro atoms. The predicted octanol–water partition coefficient (Wildman–Crippen LogP) is 2.84. The standard InChI is InChI=1S/C26H25N5O2/c27-20-8-6-17(7-9-20)24-28-22-10-12-30(15-21(22)25(32)29-24)14-19-13-18-4-1-3-16-5-2-11-31(23(16)18)26(19)33/h1,3-4,6-9,13H,2,5,10-12,14-15,27H2,(H,28,29,32). The number of nitrogens with one attached hydrogen (secondary N) is 1. The summed E-state index contributed by atoms with van der Waals surface area (Å²) in [5.41, 5.74) is 11.9. The van der Waals surface area contributed by atoms with Crippen molar-refractivity contribution in [3.05, 3.63) is 91.6 Å². The van der Waals surface area contributed by atoms with Gasteiger partial charge < -0.3 is 15.3 Å². The number of anilines is 1. The highest BCUT2D eigenvalue weighted by Crippen LogP contribution is 2.25. The van der Waals surface area contributed by atoms with E-state index >= 15 is 0 Å². The number of aromatic nitrogens is 3. The van der Waals surface area contributed by atoms with E-state index in [-0.39, 0.29) is 11.1 Å². The molecule has 0 fully saturated rings. The Labute approximate surface area is 190 Å². The van der Waals surface area contributed by atoms with Crippen LogP contribution in [0.25, 0.3) is 22.3 Å². The van der Waals surface area contributed by atoms with Gasteiger partial charge in [0, 0.05) is 49.4 Å². The van der Waals surface area contributed by atoms with Gasteiger partial charge in [-0.25, -0.2) is 4.98 Å². The van der Waals surface area contributed by atoms with E-state index in [1.807, 2.05) is 22.8 Å². The minimum Gasteiger partial charge on any atom is -0.399 e. The Balaban J connectivity index is 1.31. The maximum absolute atomic E-state index is 13.3. The second-order valence-corrected chi connectivity index (χ2v) is 9.01. The van der Waals surface area contributed by atoms with Gasteiger partial charge in [-0.2, -0.15) is 0 Å². The summed E-state index contributed by atoms with van der Waals surface area (Å²) in [5, 5.41) is 1.12. The molecule has 2 aliphatic rings. The van der Waals surface area contributed by atoms with Crippen LogP contribution < -0.4 is 16.9 Å². The van der Waals surface area contributed by atoms with Crippen molar-refractivity contribution < 1.29 is 0 Å². The Kier molecular flexibility index (Phi) is 4.66. The first-order valence-electron chi connectivity index (χ1n) is 11.4. The van der Waals surface area contributed by atoms with Crippen LogP contribution in [0.4, 0.5) is 5.69 Å². The fourth-order valence-corrected chi connectivity index (χ4v) is 5.17. The third-order valence-electron chi connectivity index (χ3n) is 6.82. The van der Waals surface area contributed by atoms with Gasteiger partial charge in [-0.05, 0) is 54.1 Å². The summed E-state index contributed by atoms with van der Waals surface area (Å²) in [6, 6.07) is 15.6. The zero-order valence-electron chi connectivity index (χ0n) is 18.3. The highest BCUT2D eigenvalue weighted by atomic mass is 16.1. The number of hydrogen-bond acceptors (Lipinski definition) is 5. The molecule has 7 nitrogen and oxygen atoms in total. The Bertz CT molecular complexity index is 1500. The van der Waals surface area contributed by atoms with Crippen molar-refractivity contribution in [3.63, 3.8) is 0 Å². The number of H-pyrrole nitrogens is 1. The quantitative estimate of drug-likeness (QED) is 0.479. The zero-order chi connectivity index (χ0) is 22.5. The molecule has 0 aliphatic carbocycles. The van der Waals surface area contributed by atoms with Crippen LogP contribution in [0.3, 0.4) is 0 Å². The topological polar surface area (TPSA) is 97.0 Å². The van der Waals surface area contributed by atoms with Crippen molar-refractivity contribution in [2.45, 2.75) is 38.9 Å². The molecular formula is C26H25N5O2. The van der Waals surface area contributed by atoms with Gasteiger partial charge >= 0.3 is 0 Å². The first kappa shape index (κ1) is 19.9. The zero-order valence-corrected chi connectivity index (χ0v) is 18.3. The number of aromatic amines is 1. The van der Waals surface area contributed by atoms with Crippen molar-refractivity contribution in [2.75, 3.05) is 12.3 Å². The number of hydrogen-bond donors (Lipinski definition) is 2. The summed E-state index contributed by atoms with van der Waals surface area (Å²) < 4.78 is 1.94. The van der Waals surface area contributed by atoms with E-state index in [4.69, 9.17) is 10.7 Å². The average molecular weight is 440 g/mol. The first-order valence-corrected chi connectivity index (χ1v) is 11.4. The summed E-state index contributed by atoms with van der Waals surface area (Å²) in [5.74, 6) is 0.565. The molecule has 0 saturated heterocycles. The SMILES string of the molecule is Nc1ccc(-c2nc3c(c(=O)[nH]2)CN(Cc2cc4cccc5c4n(c2=O)CCC5)CC3)cc1. The fraction of sp³-hybridized carbons (Fsp3) is 0.269. The minimum atomic E-state index is -0.119. The van der Waals surface area contributed by atoms with Crippen LogP contribution in [0.2, 0.25) is 0 Å². The fourth-order valence-electron chi connectivity index (χ4n) is 5.17. The van der Waals surface area contributed by atoms with E-state index < -0.39 is 0 Å². The second kappa shape index (κ2) is 7.71. The first-order chi connectivity index (χ1) is 16.1. The van der Waals surface area contributed by atoms with Gasteiger partial charge in [0.05, 0.1) is 16.8 Å². The second-order valence-electron chi connectivity index (χ2n) is 9.01. The molecule has 4 aromatic rings. The molecule has 0 bridgehead atoms. The molecule has 2 aromatic heterocycles. The van der Waals surface area contributed by atoms with Crippen molar-refractivity contribution >= 4 is 16.6 Å². The molecule has 0 saturated carbocycles. The molecular weight excluding hydrogens is 414 g/mol. The Morgan fingerprint density at radius 2 is 1.88 bits per heavy atom. The van der Waals surface area contributed by atoms with Crippen LogP contribution in [-0.2, 0) is 32.5 Å². The lowest BCUT2D eigenvalue weighted by molar-refractivity contribution is 0.240. The van der Waals surface area contributed by atoms with Crippen molar-refractivity contribution in [1.29, 1.82) is 0 Å². The van der Waals surface area contributed by atoms with E-state index in [9.17, 15) is 9.59 Å². The van der Waals surface area contributed by atoms with Crippen LogP contribution in [0.15, 0.2) is 58.1 Å². The van der Waals surface area contributed by atoms with E-state index in [1.165, 1.54) is 5.56 Å². The highest BCUT2D eigenvalue weighted by molar-refractivity contribution is 5.83. The molecule has 2 aromatic carbocycles. The van der Waals surface area contributed by atoms with Gasteiger partial charge in [-0.1, -0.05) is 18.2 Å². The van der Waals surface area contributed by atoms with E-state index in [1.54, 1.807) is 12.1 Å². The molecule has 6 rings (SSSR count). The van der Waals surface area contributed by atoms with E-state index in [0.29, 0.717) is 36.6 Å². The predicted molar refractivity (Wildman–Crippen MR) is 129 cm³/mol. The maximum Gasteiger partial charge on any atom is 0.255 e. The van der Waals surface area contributed by atoms with Gasteiger partial charge in [0.1, 0.15) is 5.82 Å². The van der Waals surface area contributed by atoms with Gasteiger partial charge in [0.15, 0.2) is 0 Å². The summed E-state index contributed by atoms with van der Waals surface area (Å²) in [7, 11) is 0. The number of nitrogens with zero attached hydrogens (tertiary/aromatic N) is 3. The van der Waals surface area contributed by atoms with Crippen molar-refractivity contribution in [1.82, 2.24) is 19.4 Å². The third-order valence-corrected chi connectivity index (χ3v) is 6.82. The summed E-state index contributed by atoms with van der Waals surface area (Å²) in [6.07, 6.45) is 2.68. The van der Waals surface area contributed by atoms with E-state index in [2.05, 4.69) is 28.1 Å². The van der Waals surface area contributed by atoms with Crippen molar-refractivity contribution in [2.24, 2.45) is 0 Å². The number of aryl methyl sites for hydroxylation is 2. The number of benzene rings is 2. The molecule has 0 atom stereocenters. The lowest BCUT2D eigenvalue weighted by atomic mass is 9.99. The molecule has 3 N–H and O–H groups in total. The summed E-state index contributed by atoms with van der Waals surface area (Å²) in [6.45, 7) is 2.53. The Hall–Kier alpha value is -3.71. The number of nitrogen functional groups attached to an aromatic ring is 1. The summed E-state index contributed by atoms with van der Waals surface area (Å²) >= 11 is 0. The molecule has 2 aliphatic heterocycles. The Morgan fingerprint density at radius 3 is 2.73 bits per heavy atom. The van der Waals surface area contributed by atoms with Crippen LogP contribution in [0, 0.1) is 0 Å². The monoisotopic (exact) mass is 439 g/mol. The summed E-state index contributed by atoms with van der Waals surface area (Å²) in [4.78, 5) is 36.0. The molecule has 0 radical (unpaired) electrons. The lowest BCUT2D eigenvalue weighted by Crippen LogP contribution is -2.37. The number of pyridine rings is 1. The van der Waals surface area contributed by atoms with Crippen LogP contribution in [0.5, 0.6) is 0 Å². The number of nitrogens with two attached hydrogens (primary N) is 1.